The number of nitrogens with zero attached hydrogens (tertiary/aromatic N) is 2. The Morgan fingerprint density at radius 2 is 1.83 bits per heavy atom. The third kappa shape index (κ3) is 4.89. The van der Waals surface area contributed by atoms with Crippen LogP contribution in [0.1, 0.15) is 15.9 Å². The molecule has 0 fully saturated rings. The van der Waals surface area contributed by atoms with E-state index in [1.54, 1.807) is 12.4 Å². The summed E-state index contributed by atoms with van der Waals surface area (Å²) in [5.74, 6) is -1.04. The van der Waals surface area contributed by atoms with Gasteiger partial charge in [0.1, 0.15) is 6.54 Å². The molecular weight excluding hydrogens is 294 g/mol. The second-order valence-corrected chi connectivity index (χ2v) is 4.49. The lowest BCUT2D eigenvalue weighted by Crippen LogP contribution is -2.46. The van der Waals surface area contributed by atoms with Crippen molar-refractivity contribution in [3.05, 3.63) is 72.1 Å². The lowest BCUT2D eigenvalue weighted by atomic mass is 10.2. The third-order valence-corrected chi connectivity index (χ3v) is 2.89. The highest BCUT2D eigenvalue weighted by Gasteiger charge is 2.15. The van der Waals surface area contributed by atoms with Crippen molar-refractivity contribution in [3.8, 4) is 0 Å². The van der Waals surface area contributed by atoms with E-state index in [4.69, 9.17) is 0 Å². The number of rotatable bonds is 5. The molecule has 2 rings (SSSR count). The Hall–Kier alpha value is -3.28. The monoisotopic (exact) mass is 308 g/mol. The largest absolute Gasteiger partial charge is 0.289 e. The van der Waals surface area contributed by atoms with Crippen LogP contribution in [0.2, 0.25) is 0 Å². The van der Waals surface area contributed by atoms with Gasteiger partial charge in [0.15, 0.2) is 0 Å². The van der Waals surface area contributed by atoms with Crippen molar-refractivity contribution in [2.75, 3.05) is 6.54 Å². The first-order chi connectivity index (χ1) is 11.2. The molecule has 1 aromatic carbocycles. The molecule has 6 heteroatoms. The van der Waals surface area contributed by atoms with Crippen molar-refractivity contribution < 1.29 is 14.4 Å². The van der Waals surface area contributed by atoms with Gasteiger partial charge in [-0.2, -0.15) is 0 Å². The van der Waals surface area contributed by atoms with E-state index in [9.17, 15) is 14.4 Å². The zero-order valence-corrected chi connectivity index (χ0v) is 12.2. The fraction of sp³-hybridized carbons (Fsp3) is 0.0588. The number of amides is 2. The van der Waals surface area contributed by atoms with Crippen molar-refractivity contribution in [3.63, 3.8) is 0 Å². The molecule has 0 unspecified atom stereocenters. The number of carbonyl (C=O) groups excluding carboxylic acids is 3. The number of aromatic nitrogens is 1. The molecule has 0 spiro atoms. The van der Waals surface area contributed by atoms with Crippen LogP contribution in [0.15, 0.2) is 60.9 Å². The van der Waals surface area contributed by atoms with Gasteiger partial charge in [0, 0.05) is 24.0 Å². The van der Waals surface area contributed by atoms with Crippen molar-refractivity contribution in [2.24, 2.45) is 0 Å². The molecule has 0 aliphatic heterocycles. The Labute approximate surface area is 133 Å². The fourth-order valence-corrected chi connectivity index (χ4v) is 1.75. The quantitative estimate of drug-likeness (QED) is 0.668. The Morgan fingerprint density at radius 3 is 2.48 bits per heavy atom. The number of nitrogens with one attached hydrogen (secondary N) is 1. The van der Waals surface area contributed by atoms with Gasteiger partial charge in [-0.05, 0) is 23.8 Å². The lowest BCUT2D eigenvalue weighted by molar-refractivity contribution is -0.127. The van der Waals surface area contributed by atoms with E-state index in [1.807, 2.05) is 30.3 Å². The summed E-state index contributed by atoms with van der Waals surface area (Å²) in [4.78, 5) is 38.5. The standard InChI is InChI=1S/C17H14N3O3/c21-13-12-20(19-17(23)15-8-10-18-11-9-15)16(22)7-6-14-4-2-1-3-5-14/h1-11H,12H2,(H,19,23)/b7-6+. The van der Waals surface area contributed by atoms with Gasteiger partial charge in [-0.3, -0.25) is 24.8 Å². The SMILES string of the molecule is O=[C]CN(NC(=O)c1ccncc1)C(=O)/C=C/c1ccccc1. The maximum Gasteiger partial charge on any atom is 0.270 e. The molecule has 6 nitrogen and oxygen atoms in total. The zero-order valence-electron chi connectivity index (χ0n) is 12.2. The Balaban J connectivity index is 2.05. The Bertz CT molecular complexity index is 700. The predicted molar refractivity (Wildman–Crippen MR) is 84.6 cm³/mol. The van der Waals surface area contributed by atoms with Gasteiger partial charge in [-0.25, -0.2) is 5.01 Å². The van der Waals surface area contributed by atoms with Crippen LogP contribution in [0, 0.1) is 0 Å². The molecule has 0 saturated heterocycles. The van der Waals surface area contributed by atoms with Crippen LogP contribution in [0.3, 0.4) is 0 Å². The zero-order chi connectivity index (χ0) is 16.5. The highest BCUT2D eigenvalue weighted by Crippen LogP contribution is 2.02. The molecule has 1 N–H and O–H groups in total. The van der Waals surface area contributed by atoms with E-state index in [1.165, 1.54) is 30.6 Å². The van der Waals surface area contributed by atoms with Gasteiger partial charge in [0.2, 0.25) is 6.29 Å². The summed E-state index contributed by atoms with van der Waals surface area (Å²) in [7, 11) is 0. The first-order valence-electron chi connectivity index (χ1n) is 6.81. The van der Waals surface area contributed by atoms with Crippen LogP contribution in [-0.4, -0.2) is 34.6 Å². The number of pyridine rings is 1. The summed E-state index contributed by atoms with van der Waals surface area (Å²) >= 11 is 0. The summed E-state index contributed by atoms with van der Waals surface area (Å²) < 4.78 is 0. The molecule has 0 aliphatic carbocycles. The highest BCUT2D eigenvalue weighted by atomic mass is 16.2. The lowest BCUT2D eigenvalue weighted by Gasteiger charge is -2.19. The highest BCUT2D eigenvalue weighted by molar-refractivity contribution is 5.98. The van der Waals surface area contributed by atoms with Crippen molar-refractivity contribution in [1.82, 2.24) is 15.4 Å². The fourth-order valence-electron chi connectivity index (χ4n) is 1.75. The van der Waals surface area contributed by atoms with Crippen LogP contribution < -0.4 is 5.43 Å². The first kappa shape index (κ1) is 16.1. The average molecular weight is 308 g/mol. The van der Waals surface area contributed by atoms with Crippen LogP contribution in [0.25, 0.3) is 6.08 Å². The van der Waals surface area contributed by atoms with Gasteiger partial charge in [-0.1, -0.05) is 30.3 Å². The van der Waals surface area contributed by atoms with Gasteiger partial charge >= 0.3 is 0 Å². The van der Waals surface area contributed by atoms with E-state index >= 15 is 0 Å². The van der Waals surface area contributed by atoms with Crippen LogP contribution in [-0.2, 0) is 9.59 Å². The second kappa shape index (κ2) is 8.23. The van der Waals surface area contributed by atoms with Gasteiger partial charge in [0.05, 0.1) is 0 Å². The van der Waals surface area contributed by atoms with Gasteiger partial charge in [-0.15, -0.1) is 0 Å². The van der Waals surface area contributed by atoms with Crippen molar-refractivity contribution in [2.45, 2.75) is 0 Å². The van der Waals surface area contributed by atoms with Gasteiger partial charge < -0.3 is 0 Å². The van der Waals surface area contributed by atoms with Crippen LogP contribution in [0.4, 0.5) is 0 Å². The summed E-state index contributed by atoms with van der Waals surface area (Å²) in [5.41, 5.74) is 3.53. The maximum absolute atomic E-state index is 12.1. The van der Waals surface area contributed by atoms with E-state index in [-0.39, 0.29) is 6.54 Å². The minimum absolute atomic E-state index is 0.329. The van der Waals surface area contributed by atoms with Gasteiger partial charge in [0.25, 0.3) is 11.8 Å². The molecule has 0 atom stereocenters. The minimum atomic E-state index is -0.528. The molecule has 2 aromatic rings. The molecule has 0 aliphatic rings. The topological polar surface area (TPSA) is 79.4 Å². The molecule has 1 aromatic heterocycles. The minimum Gasteiger partial charge on any atom is -0.289 e. The molecule has 0 saturated carbocycles. The number of carbonyl (C=O) groups is 2. The normalized spacial score (nSPS) is 10.3. The summed E-state index contributed by atoms with van der Waals surface area (Å²) in [6.07, 6.45) is 7.39. The maximum atomic E-state index is 12.1. The Kier molecular flexibility index (Phi) is 5.76. The van der Waals surface area contributed by atoms with E-state index < -0.39 is 11.8 Å². The van der Waals surface area contributed by atoms with Crippen LogP contribution in [0.5, 0.6) is 0 Å². The molecule has 23 heavy (non-hydrogen) atoms. The molecule has 1 heterocycles. The average Bonchev–Trinajstić information content (AvgIpc) is 2.61. The number of hydrogen-bond acceptors (Lipinski definition) is 4. The van der Waals surface area contributed by atoms with Crippen LogP contribution >= 0.6 is 0 Å². The van der Waals surface area contributed by atoms with Crippen molar-refractivity contribution in [1.29, 1.82) is 0 Å². The smallest absolute Gasteiger partial charge is 0.270 e. The molecule has 0 bridgehead atoms. The summed E-state index contributed by atoms with van der Waals surface area (Å²) in [6, 6.07) is 12.2. The summed E-state index contributed by atoms with van der Waals surface area (Å²) in [6.45, 7) is -0.366. The number of hydrogen-bond donors (Lipinski definition) is 1. The molecule has 2 amide bonds. The first-order valence-corrected chi connectivity index (χ1v) is 6.81. The Morgan fingerprint density at radius 1 is 1.13 bits per heavy atom. The van der Waals surface area contributed by atoms with E-state index in [2.05, 4.69) is 10.4 Å². The second-order valence-electron chi connectivity index (χ2n) is 4.49. The van der Waals surface area contributed by atoms with E-state index in [0.717, 1.165) is 10.6 Å². The van der Waals surface area contributed by atoms with Crippen molar-refractivity contribution >= 4 is 24.2 Å². The molecule has 115 valence electrons. The predicted octanol–water partition coefficient (Wildman–Crippen LogP) is 1.38. The van der Waals surface area contributed by atoms with E-state index in [0.29, 0.717) is 5.56 Å². The summed E-state index contributed by atoms with van der Waals surface area (Å²) in [5, 5.41) is 0.898. The molecular formula is C17H14N3O3. The number of benzene rings is 1. The molecule has 1 radical (unpaired) electrons. The third-order valence-electron chi connectivity index (χ3n) is 2.89. The number of hydrazine groups is 1.